The first-order valence-corrected chi connectivity index (χ1v) is 14.8. The third-order valence-electron chi connectivity index (χ3n) is 8.10. The topological polar surface area (TPSA) is 38.9 Å². The summed E-state index contributed by atoms with van der Waals surface area (Å²) in [5.41, 5.74) is -1.51. The largest absolute Gasteiger partial charge is 0.456 e. The molecule has 0 saturated carbocycles. The van der Waals surface area contributed by atoms with Crippen LogP contribution in [-0.2, 0) is 0 Å². The lowest BCUT2D eigenvalue weighted by Crippen LogP contribution is -1.91. The van der Waals surface area contributed by atoms with Gasteiger partial charge >= 0.3 is 0 Å². The Morgan fingerprint density at radius 1 is 0.449 bits per heavy atom. The van der Waals surface area contributed by atoms with E-state index in [-0.39, 0.29) is 44.2 Å². The third-order valence-corrected chi connectivity index (χ3v) is 8.10. The van der Waals surface area contributed by atoms with Gasteiger partial charge < -0.3 is 4.42 Å². The van der Waals surface area contributed by atoms with Crippen molar-refractivity contribution in [2.45, 2.75) is 0 Å². The van der Waals surface area contributed by atoms with E-state index in [1.54, 1.807) is 24.3 Å². The summed E-state index contributed by atoms with van der Waals surface area (Å²) in [5, 5.41) is -1.62. The third kappa shape index (κ3) is 4.51. The Morgan fingerprint density at radius 2 is 1.14 bits per heavy atom. The van der Waals surface area contributed by atoms with E-state index in [0.29, 0.717) is 10.8 Å². The number of hydrogen-bond donors (Lipinski definition) is 0. The second-order valence-electron chi connectivity index (χ2n) is 10.8. The highest BCUT2D eigenvalue weighted by molar-refractivity contribution is 6.13. The number of hydrogen-bond acceptors (Lipinski definition) is 3. The Morgan fingerprint density at radius 3 is 2.04 bits per heavy atom. The summed E-state index contributed by atoms with van der Waals surface area (Å²) in [4.78, 5) is 8.78. The molecule has 10 rings (SSSR count). The zero-order valence-corrected chi connectivity index (χ0v) is 24.8. The van der Waals surface area contributed by atoms with E-state index in [2.05, 4.69) is 9.97 Å². The summed E-state index contributed by atoms with van der Waals surface area (Å²) in [6.07, 6.45) is -0.607. The van der Waals surface area contributed by atoms with Gasteiger partial charge in [0.25, 0.3) is 0 Å². The summed E-state index contributed by atoms with van der Waals surface area (Å²) in [6.45, 7) is 0. The molecule has 49 heavy (non-hydrogen) atoms. The highest BCUT2D eigenvalue weighted by Gasteiger charge is 2.15. The van der Waals surface area contributed by atoms with Crippen LogP contribution < -0.4 is 0 Å². The molecule has 228 valence electrons. The zero-order chi connectivity index (χ0) is 51.5. The minimum absolute atomic E-state index is 0.121. The molecule has 0 aliphatic rings. The summed E-state index contributed by atoms with van der Waals surface area (Å²) >= 11 is 0. The minimum atomic E-state index is -0.806. The Hall–Kier alpha value is -6.58. The zero-order valence-electron chi connectivity index (χ0n) is 46.8. The fraction of sp³-hybridized carbons (Fsp3) is 0. The fourth-order valence-electron chi connectivity index (χ4n) is 5.89. The van der Waals surface area contributed by atoms with Gasteiger partial charge in [0, 0.05) is 33.6 Å². The van der Waals surface area contributed by atoms with Crippen molar-refractivity contribution >= 4 is 54.1 Å². The van der Waals surface area contributed by atoms with Crippen molar-refractivity contribution < 1.29 is 34.6 Å². The summed E-state index contributed by atoms with van der Waals surface area (Å²) in [7, 11) is 0. The van der Waals surface area contributed by atoms with Gasteiger partial charge in [0.2, 0.25) is 0 Å². The van der Waals surface area contributed by atoms with Gasteiger partial charge in [0.15, 0.2) is 0 Å². The summed E-state index contributed by atoms with van der Waals surface area (Å²) < 4.78 is 199. The van der Waals surface area contributed by atoms with Gasteiger partial charge in [0.1, 0.15) is 11.5 Å². The fourth-order valence-corrected chi connectivity index (χ4v) is 5.89. The highest BCUT2D eigenvalue weighted by Crippen LogP contribution is 2.40. The van der Waals surface area contributed by atoms with E-state index in [1.165, 1.54) is 12.1 Å². The number of benzene rings is 7. The van der Waals surface area contributed by atoms with Crippen LogP contribution in [0.2, 0.25) is 0 Å². The molecule has 0 bridgehead atoms. The van der Waals surface area contributed by atoms with Gasteiger partial charge in [0.05, 0.1) is 46.9 Å². The molecule has 3 nitrogen and oxygen atoms in total. The van der Waals surface area contributed by atoms with E-state index in [9.17, 15) is 2.74 Å². The number of furan rings is 1. The number of rotatable bonds is 4. The van der Waals surface area contributed by atoms with Crippen LogP contribution in [0.15, 0.2) is 174 Å². The number of fused-ring (bicyclic) bond motifs is 7. The monoisotopic (exact) mass is 646 g/mol. The first-order chi connectivity index (χ1) is 33.5. The van der Waals surface area contributed by atoms with Crippen LogP contribution in [0.25, 0.3) is 99.2 Å². The van der Waals surface area contributed by atoms with E-state index >= 15 is 0 Å². The lowest BCUT2D eigenvalue weighted by Gasteiger charge is -2.13. The van der Waals surface area contributed by atoms with Crippen LogP contribution in [0, 0.1) is 0 Å². The normalized spacial score (nSPS) is 18.0. The van der Waals surface area contributed by atoms with Gasteiger partial charge in [-0.25, -0.2) is 4.98 Å². The molecule has 0 radical (unpaired) electrons. The van der Waals surface area contributed by atoms with Crippen LogP contribution in [0.5, 0.6) is 0 Å². The van der Waals surface area contributed by atoms with Crippen molar-refractivity contribution in [1.82, 2.24) is 9.97 Å². The molecule has 0 aliphatic heterocycles. The van der Waals surface area contributed by atoms with E-state index < -0.39 is 177 Å². The lowest BCUT2D eigenvalue weighted by molar-refractivity contribution is 0.598. The smallest absolute Gasteiger partial charge is 0.135 e. The van der Waals surface area contributed by atoms with Gasteiger partial charge in [-0.05, 0) is 79.7 Å². The van der Waals surface area contributed by atoms with E-state index in [0.717, 1.165) is 0 Å². The van der Waals surface area contributed by atoms with E-state index in [1.807, 2.05) is 0 Å². The maximum absolute atomic E-state index is 9.58. The maximum Gasteiger partial charge on any atom is 0.135 e. The molecule has 0 amide bonds. The van der Waals surface area contributed by atoms with Gasteiger partial charge in [-0.2, -0.15) is 0 Å². The van der Waals surface area contributed by atoms with Crippen LogP contribution >= 0.6 is 0 Å². The van der Waals surface area contributed by atoms with Crippen molar-refractivity contribution in [3.63, 3.8) is 0 Å². The van der Waals surface area contributed by atoms with Crippen molar-refractivity contribution in [2.75, 3.05) is 0 Å². The molecular formula is C46H28N2O. The molecule has 10 aromatic rings. The van der Waals surface area contributed by atoms with Crippen molar-refractivity contribution in [3.05, 3.63) is 169 Å². The first kappa shape index (κ1) is 13.5. The Labute approximate surface area is 313 Å². The molecule has 3 aromatic heterocycles. The van der Waals surface area contributed by atoms with Crippen molar-refractivity contribution in [2.24, 2.45) is 0 Å². The van der Waals surface area contributed by atoms with E-state index in [4.69, 9.17) is 31.8 Å². The standard InChI is InChI=1S/C46H28N2O/c1-2-13-34-32(9-1)28-41(39-17-6-4-14-36(34)39)44-25-24-43(49-44)33-11-7-10-31(27-33)35-21-22-40(38-16-5-3-15-37(35)38)42-23-20-30-19-18-29-12-8-26-47-45(29)46(30)48-42/h1-28H/i1D,2D,4D,6D,7D,8D,9D,10D,11D,12D,13D,14D,17D,18D,19D,20D,23D,24D,25D,26D,27D,28D. The van der Waals surface area contributed by atoms with Crippen molar-refractivity contribution in [3.8, 4) is 45.0 Å². The molecule has 0 fully saturated rings. The molecule has 0 spiro atoms. The molecule has 0 unspecified atom stereocenters. The van der Waals surface area contributed by atoms with Gasteiger partial charge in [-0.3, -0.25) is 4.98 Å². The minimum Gasteiger partial charge on any atom is -0.456 e. The average molecular weight is 647 g/mol. The molecule has 7 aromatic carbocycles. The Bertz CT molecular complexity index is 4150. The lowest BCUT2D eigenvalue weighted by atomic mass is 9.92. The van der Waals surface area contributed by atoms with Crippen LogP contribution in [-0.4, -0.2) is 9.97 Å². The molecule has 0 N–H and O–H groups in total. The Balaban J connectivity index is 1.23. The second kappa shape index (κ2) is 11.0. The van der Waals surface area contributed by atoms with Gasteiger partial charge in [-0.1, -0.05) is 127 Å². The molecule has 0 saturated heterocycles. The summed E-state index contributed by atoms with van der Waals surface area (Å²) in [6, 6.07) is -4.89. The van der Waals surface area contributed by atoms with Crippen molar-refractivity contribution in [1.29, 1.82) is 0 Å². The molecule has 3 heteroatoms. The number of pyridine rings is 2. The first-order valence-electron chi connectivity index (χ1n) is 25.8. The number of nitrogens with zero attached hydrogens (tertiary/aromatic N) is 2. The average Bonchev–Trinajstić information content (AvgIpc) is 3.63. The highest BCUT2D eigenvalue weighted by atomic mass is 16.3. The second-order valence-corrected chi connectivity index (χ2v) is 10.8. The molecule has 0 aliphatic carbocycles. The molecular weight excluding hydrogens is 597 g/mol. The maximum atomic E-state index is 9.58. The number of aromatic nitrogens is 2. The van der Waals surface area contributed by atoms with Crippen LogP contribution in [0.4, 0.5) is 0 Å². The summed E-state index contributed by atoms with van der Waals surface area (Å²) in [5.74, 6) is -1.35. The van der Waals surface area contributed by atoms with Crippen LogP contribution in [0.1, 0.15) is 30.2 Å². The van der Waals surface area contributed by atoms with Gasteiger partial charge in [-0.15, -0.1) is 0 Å². The van der Waals surface area contributed by atoms with Crippen LogP contribution in [0.3, 0.4) is 0 Å². The molecule has 0 atom stereocenters. The predicted molar refractivity (Wildman–Crippen MR) is 204 cm³/mol. The molecule has 3 heterocycles. The quantitative estimate of drug-likeness (QED) is 0.179. The SMILES string of the molecule is [2H]c1nc2c(c([2H])c1[2H])c([2H])c([2H])c1c([2H])c([2H])c(-c3ccc(-c4c([2H])c([2H])c([2H])c(-c5oc(-c6c([2H])c7c([2H])c([2H])c([2H])c([2H])c7c7c([2H])c([2H])c([2H])c([2H])c67)c([2H])c5[2H])c4[2H])c4ccccc34)nc12. The Kier molecular flexibility index (Phi) is 3.03. The predicted octanol–water partition coefficient (Wildman–Crippen LogP) is 12.5.